The minimum Gasteiger partial charge on any atom is -0.281 e. The summed E-state index contributed by atoms with van der Waals surface area (Å²) in [6, 6.07) is 22.3. The predicted molar refractivity (Wildman–Crippen MR) is 114 cm³/mol. The molecule has 1 aromatic heterocycles. The number of carbonyl (C=O) groups excluding carboxylic acids is 3. The number of thiophene rings is 1. The van der Waals surface area contributed by atoms with E-state index in [1.165, 1.54) is 11.3 Å². The van der Waals surface area contributed by atoms with E-state index in [2.05, 4.69) is 10.9 Å². The van der Waals surface area contributed by atoms with Crippen molar-refractivity contribution in [2.45, 2.75) is 19.3 Å². The first kappa shape index (κ1) is 20.3. The van der Waals surface area contributed by atoms with Gasteiger partial charge in [-0.3, -0.25) is 30.1 Å². The van der Waals surface area contributed by atoms with Crippen LogP contribution in [0.4, 0.5) is 11.4 Å². The van der Waals surface area contributed by atoms with E-state index in [9.17, 15) is 14.4 Å². The minimum absolute atomic E-state index is 0.0103. The highest BCUT2D eigenvalue weighted by molar-refractivity contribution is 7.10. The van der Waals surface area contributed by atoms with Gasteiger partial charge in [0, 0.05) is 29.1 Å². The van der Waals surface area contributed by atoms with Gasteiger partial charge >= 0.3 is 0 Å². The molecule has 2 N–H and O–H groups in total. The molecule has 0 spiro atoms. The summed E-state index contributed by atoms with van der Waals surface area (Å²) in [6.07, 6.45) is 0.178. The van der Waals surface area contributed by atoms with Crippen molar-refractivity contribution in [1.82, 2.24) is 10.9 Å². The van der Waals surface area contributed by atoms with Crippen molar-refractivity contribution in [1.29, 1.82) is 0 Å². The normalized spacial score (nSPS) is 10.2. The van der Waals surface area contributed by atoms with Gasteiger partial charge in [0.05, 0.1) is 6.42 Å². The smallest absolute Gasteiger partial charge is 0.243 e. The van der Waals surface area contributed by atoms with E-state index in [1.54, 1.807) is 4.90 Å². The molecule has 0 aliphatic carbocycles. The first-order chi connectivity index (χ1) is 14.1. The first-order valence-electron chi connectivity index (χ1n) is 9.16. The van der Waals surface area contributed by atoms with Crippen molar-refractivity contribution in [3.05, 3.63) is 83.1 Å². The molecule has 0 fully saturated rings. The number of nitrogens with one attached hydrogen (secondary N) is 2. The van der Waals surface area contributed by atoms with Gasteiger partial charge < -0.3 is 0 Å². The highest BCUT2D eigenvalue weighted by atomic mass is 32.1. The lowest BCUT2D eigenvalue weighted by Gasteiger charge is -2.23. The summed E-state index contributed by atoms with van der Waals surface area (Å²) >= 11 is 1.47. The standard InChI is InChI=1S/C22H21N3O3S/c26-20(23-24-21(27)16-19-12-7-15-29-19)13-14-22(28)25(17-8-3-1-4-9-17)18-10-5-2-6-11-18/h1-12,15H,13-14,16H2,(H,23,26)(H,24,27). The van der Waals surface area contributed by atoms with Gasteiger partial charge in [0.25, 0.3) is 0 Å². The molecule has 0 aliphatic rings. The van der Waals surface area contributed by atoms with Crippen molar-refractivity contribution >= 4 is 40.4 Å². The van der Waals surface area contributed by atoms with E-state index in [0.717, 1.165) is 16.3 Å². The maximum Gasteiger partial charge on any atom is 0.243 e. The topological polar surface area (TPSA) is 78.5 Å². The molecule has 3 amide bonds. The molecular weight excluding hydrogens is 386 g/mol. The lowest BCUT2D eigenvalue weighted by molar-refractivity contribution is -0.129. The molecule has 1 heterocycles. The summed E-state index contributed by atoms with van der Waals surface area (Å²) < 4.78 is 0. The van der Waals surface area contributed by atoms with Crippen LogP contribution in [0.15, 0.2) is 78.2 Å². The Kier molecular flexibility index (Phi) is 7.13. The van der Waals surface area contributed by atoms with Gasteiger partial charge in [0.15, 0.2) is 0 Å². The van der Waals surface area contributed by atoms with Crippen molar-refractivity contribution in [2.24, 2.45) is 0 Å². The molecular formula is C22H21N3O3S. The lowest BCUT2D eigenvalue weighted by atomic mass is 10.2. The molecule has 0 unspecified atom stereocenters. The molecule has 6 nitrogen and oxygen atoms in total. The Morgan fingerprint density at radius 1 is 0.724 bits per heavy atom. The Labute approximate surface area is 173 Å². The quantitative estimate of drug-likeness (QED) is 0.588. The van der Waals surface area contributed by atoms with Gasteiger partial charge in [-0.2, -0.15) is 0 Å². The third-order valence-electron chi connectivity index (χ3n) is 4.10. The average molecular weight is 407 g/mol. The number of amides is 3. The van der Waals surface area contributed by atoms with Gasteiger partial charge in [0.1, 0.15) is 0 Å². The van der Waals surface area contributed by atoms with E-state index in [4.69, 9.17) is 0 Å². The fourth-order valence-electron chi connectivity index (χ4n) is 2.74. The third kappa shape index (κ3) is 6.02. The van der Waals surface area contributed by atoms with Crippen LogP contribution in [0.5, 0.6) is 0 Å². The molecule has 3 aromatic rings. The van der Waals surface area contributed by atoms with E-state index >= 15 is 0 Å². The molecule has 0 radical (unpaired) electrons. The summed E-state index contributed by atoms with van der Waals surface area (Å²) in [5.41, 5.74) is 6.20. The van der Waals surface area contributed by atoms with Gasteiger partial charge in [0.2, 0.25) is 17.7 Å². The van der Waals surface area contributed by atoms with Crippen LogP contribution in [0.3, 0.4) is 0 Å². The Morgan fingerprint density at radius 3 is 1.86 bits per heavy atom. The van der Waals surface area contributed by atoms with E-state index in [1.807, 2.05) is 78.2 Å². The summed E-state index contributed by atoms with van der Waals surface area (Å²) in [5.74, 6) is -0.927. The van der Waals surface area contributed by atoms with Gasteiger partial charge in [-0.05, 0) is 35.7 Å². The average Bonchev–Trinajstić information content (AvgIpc) is 3.25. The van der Waals surface area contributed by atoms with Gasteiger partial charge in [-0.25, -0.2) is 0 Å². The van der Waals surface area contributed by atoms with Crippen molar-refractivity contribution < 1.29 is 14.4 Å². The highest BCUT2D eigenvalue weighted by Crippen LogP contribution is 2.26. The number of rotatable bonds is 7. The largest absolute Gasteiger partial charge is 0.281 e. The van der Waals surface area contributed by atoms with Crippen molar-refractivity contribution in [2.75, 3.05) is 4.90 Å². The number of hydrogen-bond donors (Lipinski definition) is 2. The number of nitrogens with zero attached hydrogens (tertiary/aromatic N) is 1. The molecule has 0 bridgehead atoms. The Hall–Kier alpha value is -3.45. The van der Waals surface area contributed by atoms with Crippen LogP contribution in [0, 0.1) is 0 Å². The van der Waals surface area contributed by atoms with E-state index in [0.29, 0.717) is 0 Å². The van der Waals surface area contributed by atoms with Crippen LogP contribution < -0.4 is 15.8 Å². The molecule has 29 heavy (non-hydrogen) atoms. The molecule has 148 valence electrons. The summed E-state index contributed by atoms with van der Waals surface area (Å²) in [7, 11) is 0. The fourth-order valence-corrected chi connectivity index (χ4v) is 3.44. The number of hydrogen-bond acceptors (Lipinski definition) is 4. The van der Waals surface area contributed by atoms with Crippen LogP contribution in [-0.2, 0) is 20.8 Å². The summed E-state index contributed by atoms with van der Waals surface area (Å²) in [6.45, 7) is 0. The van der Waals surface area contributed by atoms with Crippen LogP contribution >= 0.6 is 11.3 Å². The molecule has 0 saturated carbocycles. The van der Waals surface area contributed by atoms with Crippen LogP contribution in [0.25, 0.3) is 0 Å². The van der Waals surface area contributed by atoms with Gasteiger partial charge in [-0.1, -0.05) is 42.5 Å². The monoisotopic (exact) mass is 407 g/mol. The van der Waals surface area contributed by atoms with E-state index < -0.39 is 5.91 Å². The van der Waals surface area contributed by atoms with Crippen molar-refractivity contribution in [3.8, 4) is 0 Å². The minimum atomic E-state index is -0.418. The summed E-state index contributed by atoms with van der Waals surface area (Å²) in [5, 5.41) is 1.89. The van der Waals surface area contributed by atoms with Crippen LogP contribution in [-0.4, -0.2) is 17.7 Å². The zero-order valence-electron chi connectivity index (χ0n) is 15.7. The highest BCUT2D eigenvalue weighted by Gasteiger charge is 2.19. The molecule has 3 rings (SSSR count). The van der Waals surface area contributed by atoms with Gasteiger partial charge in [-0.15, -0.1) is 11.3 Å². The maximum atomic E-state index is 12.9. The molecule has 7 heteroatoms. The predicted octanol–water partition coefficient (Wildman–Crippen LogP) is 3.58. The Morgan fingerprint density at radius 2 is 1.31 bits per heavy atom. The Bertz CT molecular complexity index is 904. The molecule has 0 saturated heterocycles. The lowest BCUT2D eigenvalue weighted by Crippen LogP contribution is -2.42. The van der Waals surface area contributed by atoms with E-state index in [-0.39, 0.29) is 31.1 Å². The number of anilines is 2. The second-order valence-electron chi connectivity index (χ2n) is 6.25. The zero-order valence-corrected chi connectivity index (χ0v) is 16.5. The molecule has 0 atom stereocenters. The third-order valence-corrected chi connectivity index (χ3v) is 4.98. The maximum absolute atomic E-state index is 12.9. The zero-order chi connectivity index (χ0) is 20.5. The number of hydrazine groups is 1. The SMILES string of the molecule is O=C(CCC(=O)N(c1ccccc1)c1ccccc1)NNC(=O)Cc1cccs1. The first-order valence-corrected chi connectivity index (χ1v) is 10.0. The number of carbonyl (C=O) groups is 3. The second kappa shape index (κ2) is 10.2. The fraction of sp³-hybridized carbons (Fsp3) is 0.136. The summed E-state index contributed by atoms with van der Waals surface area (Å²) in [4.78, 5) is 39.2. The van der Waals surface area contributed by atoms with Crippen LogP contribution in [0.1, 0.15) is 17.7 Å². The molecule has 2 aromatic carbocycles. The molecule has 0 aliphatic heterocycles. The Balaban J connectivity index is 1.54. The van der Waals surface area contributed by atoms with Crippen LogP contribution in [0.2, 0.25) is 0 Å². The number of para-hydroxylation sites is 2. The number of benzene rings is 2. The van der Waals surface area contributed by atoms with Crippen molar-refractivity contribution in [3.63, 3.8) is 0 Å². The second-order valence-corrected chi connectivity index (χ2v) is 7.28.